The highest BCUT2D eigenvalue weighted by Gasteiger charge is 2.28. The molecule has 1 N–H and O–H groups in total. The van der Waals surface area contributed by atoms with Crippen molar-refractivity contribution in [2.45, 2.75) is 277 Å². The zero-order valence-electron chi connectivity index (χ0n) is 39.6. The molecule has 0 aromatic rings. The van der Waals surface area contributed by atoms with E-state index in [0.717, 1.165) is 109 Å². The number of unbranched alkanes of at least 4 members (excludes halogenated alkanes) is 25. The fraction of sp³-hybridized carbons (Fsp3) is 0.796. The summed E-state index contributed by atoms with van der Waals surface area (Å²) in [6.07, 6.45) is 56.2. The second-order valence-electron chi connectivity index (χ2n) is 17.3. The largest absolute Gasteiger partial charge is 0.481 e. The second kappa shape index (κ2) is 47.4. The van der Waals surface area contributed by atoms with E-state index in [9.17, 15) is 14.4 Å². The lowest BCUT2D eigenvalue weighted by atomic mass is 9.99. The summed E-state index contributed by atoms with van der Waals surface area (Å²) in [5, 5.41) is 8.99. The lowest BCUT2D eigenvalue weighted by Crippen LogP contribution is -2.35. The van der Waals surface area contributed by atoms with Gasteiger partial charge in [0.2, 0.25) is 0 Å². The van der Waals surface area contributed by atoms with E-state index in [0.29, 0.717) is 25.7 Å². The van der Waals surface area contributed by atoms with Crippen LogP contribution in [0.25, 0.3) is 0 Å². The number of aliphatic carboxylic acids is 1. The van der Waals surface area contributed by atoms with Crippen LogP contribution in [0.5, 0.6) is 0 Å². The fourth-order valence-corrected chi connectivity index (χ4v) is 7.54. The van der Waals surface area contributed by atoms with Crippen LogP contribution >= 0.6 is 0 Å². The Labute approximate surface area is 371 Å². The molecule has 0 aromatic heterocycles. The summed E-state index contributed by atoms with van der Waals surface area (Å²) in [7, 11) is 0. The monoisotopic (exact) mass is 841 g/mol. The molecule has 6 nitrogen and oxygen atoms in total. The van der Waals surface area contributed by atoms with Gasteiger partial charge in [-0.2, -0.15) is 0 Å². The van der Waals surface area contributed by atoms with Gasteiger partial charge < -0.3 is 14.6 Å². The SMILES string of the molecule is CCCCC/C=C\C/C=C\CCCCCCCC(=O)OC(CCCCCCCC)C(CCCCCCCC(=O)O)OC(=O)CCCCCCC/C=C\C/C=C\CCCCC. The lowest BCUT2D eigenvalue weighted by Gasteiger charge is -2.27. The molecule has 0 saturated carbocycles. The van der Waals surface area contributed by atoms with Gasteiger partial charge in [0.05, 0.1) is 0 Å². The maximum Gasteiger partial charge on any atom is 0.306 e. The smallest absolute Gasteiger partial charge is 0.306 e. The molecule has 0 saturated heterocycles. The van der Waals surface area contributed by atoms with Crippen LogP contribution in [0.1, 0.15) is 265 Å². The average molecular weight is 841 g/mol. The molecule has 0 aliphatic heterocycles. The highest BCUT2D eigenvalue weighted by atomic mass is 16.6. The van der Waals surface area contributed by atoms with E-state index in [4.69, 9.17) is 14.6 Å². The average Bonchev–Trinajstić information content (AvgIpc) is 3.23. The van der Waals surface area contributed by atoms with E-state index in [2.05, 4.69) is 69.4 Å². The van der Waals surface area contributed by atoms with Gasteiger partial charge >= 0.3 is 17.9 Å². The molecule has 2 atom stereocenters. The van der Waals surface area contributed by atoms with Gasteiger partial charge in [0.25, 0.3) is 0 Å². The molecule has 60 heavy (non-hydrogen) atoms. The number of allylic oxidation sites excluding steroid dienone is 8. The van der Waals surface area contributed by atoms with Gasteiger partial charge in [0, 0.05) is 19.3 Å². The maximum absolute atomic E-state index is 13.3. The zero-order valence-corrected chi connectivity index (χ0v) is 39.6. The molecule has 0 amide bonds. The topological polar surface area (TPSA) is 89.9 Å². The van der Waals surface area contributed by atoms with E-state index in [-0.39, 0.29) is 18.4 Å². The maximum atomic E-state index is 13.3. The Morgan fingerprint density at radius 3 is 1.02 bits per heavy atom. The number of ether oxygens (including phenoxy) is 2. The minimum absolute atomic E-state index is 0.167. The summed E-state index contributed by atoms with van der Waals surface area (Å²) in [5.41, 5.74) is 0. The van der Waals surface area contributed by atoms with Crippen molar-refractivity contribution in [2.75, 3.05) is 0 Å². The van der Waals surface area contributed by atoms with Gasteiger partial charge in [-0.05, 0) is 109 Å². The van der Waals surface area contributed by atoms with Crippen molar-refractivity contribution >= 4 is 17.9 Å². The highest BCUT2D eigenvalue weighted by molar-refractivity contribution is 5.70. The van der Waals surface area contributed by atoms with Crippen molar-refractivity contribution in [1.29, 1.82) is 0 Å². The van der Waals surface area contributed by atoms with Gasteiger partial charge in [-0.3, -0.25) is 14.4 Å². The van der Waals surface area contributed by atoms with Crippen molar-refractivity contribution in [3.8, 4) is 0 Å². The minimum atomic E-state index is -0.745. The summed E-state index contributed by atoms with van der Waals surface area (Å²) < 4.78 is 12.4. The van der Waals surface area contributed by atoms with E-state index in [1.807, 2.05) is 0 Å². The Morgan fingerprint density at radius 1 is 0.367 bits per heavy atom. The lowest BCUT2D eigenvalue weighted by molar-refractivity contribution is -0.169. The predicted molar refractivity (Wildman–Crippen MR) is 256 cm³/mol. The molecular weight excluding hydrogens is 745 g/mol. The first kappa shape index (κ1) is 57.4. The molecule has 348 valence electrons. The van der Waals surface area contributed by atoms with E-state index < -0.39 is 18.2 Å². The van der Waals surface area contributed by atoms with Gasteiger partial charge in [-0.1, -0.05) is 185 Å². The van der Waals surface area contributed by atoms with Crippen molar-refractivity contribution in [3.05, 3.63) is 48.6 Å². The molecule has 0 fully saturated rings. The first-order valence-electron chi connectivity index (χ1n) is 25.6. The van der Waals surface area contributed by atoms with Crippen LogP contribution < -0.4 is 0 Å². The van der Waals surface area contributed by atoms with Gasteiger partial charge in [-0.15, -0.1) is 0 Å². The first-order valence-corrected chi connectivity index (χ1v) is 25.6. The third kappa shape index (κ3) is 43.5. The van der Waals surface area contributed by atoms with Crippen molar-refractivity contribution < 1.29 is 29.0 Å². The number of rotatable bonds is 46. The number of hydrogen-bond donors (Lipinski definition) is 1. The molecule has 0 heterocycles. The Kier molecular flexibility index (Phi) is 45.3. The number of carboxylic acids is 1. The van der Waals surface area contributed by atoms with Crippen LogP contribution in [0.4, 0.5) is 0 Å². The number of esters is 2. The van der Waals surface area contributed by atoms with E-state index in [1.54, 1.807) is 0 Å². The molecule has 0 radical (unpaired) electrons. The summed E-state index contributed by atoms with van der Waals surface area (Å²) >= 11 is 0. The van der Waals surface area contributed by atoms with Crippen LogP contribution in [-0.4, -0.2) is 35.2 Å². The first-order chi connectivity index (χ1) is 29.4. The number of carboxylic acid groups (broad SMARTS) is 1. The molecule has 6 heteroatoms. The van der Waals surface area contributed by atoms with E-state index in [1.165, 1.54) is 103 Å². The van der Waals surface area contributed by atoms with Crippen LogP contribution in [0.2, 0.25) is 0 Å². The summed E-state index contributed by atoms with van der Waals surface area (Å²) in [5.74, 6) is -1.09. The standard InChI is InChI=1S/C54H96O6/c1-4-7-10-13-16-18-20-22-24-26-28-30-32-38-43-48-53(57)59-50(45-40-35-15-12-9-6-3)51(46-41-36-34-37-42-47-52(55)56)60-54(58)49-44-39-33-31-29-27-25-23-21-19-17-14-11-8-5-2/h16-19,22-25,50-51H,4-15,20-21,26-49H2,1-3H3,(H,55,56)/b18-16-,19-17-,24-22-,25-23-. The highest BCUT2D eigenvalue weighted by Crippen LogP contribution is 2.23. The van der Waals surface area contributed by atoms with Crippen LogP contribution in [0.3, 0.4) is 0 Å². The van der Waals surface area contributed by atoms with Gasteiger partial charge in [0.1, 0.15) is 12.2 Å². The molecular formula is C54H96O6. The Balaban J connectivity index is 4.95. The Hall–Kier alpha value is -2.63. The fourth-order valence-electron chi connectivity index (χ4n) is 7.54. The molecule has 0 spiro atoms. The number of carbonyl (C=O) groups excluding carboxylic acids is 2. The molecule has 0 aromatic carbocycles. The summed E-state index contributed by atoms with van der Waals surface area (Å²) in [6, 6.07) is 0. The van der Waals surface area contributed by atoms with Crippen molar-refractivity contribution in [3.63, 3.8) is 0 Å². The second-order valence-corrected chi connectivity index (χ2v) is 17.3. The Bertz CT molecular complexity index is 1070. The van der Waals surface area contributed by atoms with Crippen LogP contribution in [0.15, 0.2) is 48.6 Å². The Morgan fingerprint density at radius 2 is 0.650 bits per heavy atom. The number of carbonyl (C=O) groups is 3. The van der Waals surface area contributed by atoms with Crippen LogP contribution in [0, 0.1) is 0 Å². The zero-order chi connectivity index (χ0) is 43.8. The summed E-state index contributed by atoms with van der Waals surface area (Å²) in [6.45, 7) is 6.71. The number of hydrogen-bond acceptors (Lipinski definition) is 5. The molecule has 0 bridgehead atoms. The van der Waals surface area contributed by atoms with Gasteiger partial charge in [-0.25, -0.2) is 0 Å². The van der Waals surface area contributed by atoms with Crippen LogP contribution in [-0.2, 0) is 23.9 Å². The quantitative estimate of drug-likeness (QED) is 0.0373. The van der Waals surface area contributed by atoms with Crippen molar-refractivity contribution in [1.82, 2.24) is 0 Å². The van der Waals surface area contributed by atoms with Crippen molar-refractivity contribution in [2.24, 2.45) is 0 Å². The molecule has 0 rings (SSSR count). The third-order valence-corrected chi connectivity index (χ3v) is 11.4. The molecule has 0 aliphatic rings. The molecule has 0 aliphatic carbocycles. The minimum Gasteiger partial charge on any atom is -0.481 e. The molecule has 2 unspecified atom stereocenters. The normalized spacial score (nSPS) is 13.0. The third-order valence-electron chi connectivity index (χ3n) is 11.4. The predicted octanol–water partition coefficient (Wildman–Crippen LogP) is 17.0. The summed E-state index contributed by atoms with van der Waals surface area (Å²) in [4.78, 5) is 37.4. The van der Waals surface area contributed by atoms with Gasteiger partial charge in [0.15, 0.2) is 0 Å². The van der Waals surface area contributed by atoms with E-state index >= 15 is 0 Å².